The molecule has 0 spiro atoms. The first-order valence-electron chi connectivity index (χ1n) is 7.97. The topological polar surface area (TPSA) is 20.2 Å². The van der Waals surface area contributed by atoms with Crippen LogP contribution in [-0.4, -0.2) is 11.2 Å². The summed E-state index contributed by atoms with van der Waals surface area (Å²) >= 11 is 0. The Hall–Kier alpha value is -0.820. The predicted molar refractivity (Wildman–Crippen MR) is 86.3 cm³/mol. The lowest BCUT2D eigenvalue weighted by Gasteiger charge is -1.99. The lowest BCUT2D eigenvalue weighted by molar-refractivity contribution is 0.227. The molecule has 0 fully saturated rings. The minimum Gasteiger partial charge on any atom is -0.389 e. The molecule has 0 aliphatic rings. The SMILES string of the molecule is CCCCC/C=C\C=C\C(O)C/C=C\CCCCC. The average Bonchev–Trinajstić information content (AvgIpc) is 2.41. The molecule has 0 amide bonds. The summed E-state index contributed by atoms with van der Waals surface area (Å²) in [5.74, 6) is 0. The van der Waals surface area contributed by atoms with Gasteiger partial charge in [-0.3, -0.25) is 0 Å². The van der Waals surface area contributed by atoms with Crippen molar-refractivity contribution in [2.24, 2.45) is 0 Å². The third-order valence-corrected chi connectivity index (χ3v) is 3.07. The molecule has 0 aliphatic carbocycles. The van der Waals surface area contributed by atoms with E-state index in [9.17, 15) is 5.11 Å². The highest BCUT2D eigenvalue weighted by Gasteiger charge is 1.93. The van der Waals surface area contributed by atoms with Crippen molar-refractivity contribution in [2.75, 3.05) is 0 Å². The second-order valence-corrected chi connectivity index (χ2v) is 5.08. The van der Waals surface area contributed by atoms with Gasteiger partial charge in [-0.05, 0) is 32.1 Å². The summed E-state index contributed by atoms with van der Waals surface area (Å²) in [4.78, 5) is 0. The van der Waals surface area contributed by atoms with Crippen molar-refractivity contribution in [3.8, 4) is 0 Å². The molecule has 19 heavy (non-hydrogen) atoms. The molecule has 0 radical (unpaired) electrons. The van der Waals surface area contributed by atoms with Crippen molar-refractivity contribution in [1.29, 1.82) is 0 Å². The number of hydrogen-bond donors (Lipinski definition) is 1. The molecular formula is C18H32O. The minimum atomic E-state index is -0.345. The highest BCUT2D eigenvalue weighted by Crippen LogP contribution is 2.03. The van der Waals surface area contributed by atoms with Crippen LogP contribution in [0.25, 0.3) is 0 Å². The second kappa shape index (κ2) is 15.2. The van der Waals surface area contributed by atoms with Crippen molar-refractivity contribution < 1.29 is 5.11 Å². The zero-order valence-corrected chi connectivity index (χ0v) is 12.9. The average molecular weight is 264 g/mol. The zero-order valence-electron chi connectivity index (χ0n) is 12.9. The molecular weight excluding hydrogens is 232 g/mol. The molecule has 1 atom stereocenters. The van der Waals surface area contributed by atoms with Crippen molar-refractivity contribution in [3.05, 3.63) is 36.5 Å². The first-order chi connectivity index (χ1) is 9.31. The molecule has 1 heteroatoms. The summed E-state index contributed by atoms with van der Waals surface area (Å²) < 4.78 is 0. The normalized spacial score (nSPS) is 14.1. The van der Waals surface area contributed by atoms with E-state index in [1.165, 1.54) is 38.5 Å². The van der Waals surface area contributed by atoms with Crippen molar-refractivity contribution in [2.45, 2.75) is 77.7 Å². The van der Waals surface area contributed by atoms with Gasteiger partial charge in [0.15, 0.2) is 0 Å². The Labute approximate surface area is 120 Å². The standard InChI is InChI=1S/C18H32O/c1-3-5-7-9-11-13-15-17-18(19)16-14-12-10-8-6-4-2/h11-15,17-19H,3-10,16H2,1-2H3/b13-11-,14-12-,17-15+. The Morgan fingerprint density at radius 3 is 2.05 bits per heavy atom. The van der Waals surface area contributed by atoms with E-state index in [2.05, 4.69) is 32.1 Å². The van der Waals surface area contributed by atoms with E-state index in [0.717, 1.165) is 19.3 Å². The molecule has 0 aromatic heterocycles. The largest absolute Gasteiger partial charge is 0.389 e. The smallest absolute Gasteiger partial charge is 0.0758 e. The molecule has 0 saturated carbocycles. The zero-order chi connectivity index (χ0) is 14.2. The van der Waals surface area contributed by atoms with Crippen LogP contribution in [-0.2, 0) is 0 Å². The third-order valence-electron chi connectivity index (χ3n) is 3.07. The van der Waals surface area contributed by atoms with E-state index in [1.54, 1.807) is 0 Å². The van der Waals surface area contributed by atoms with Gasteiger partial charge in [-0.15, -0.1) is 0 Å². The number of allylic oxidation sites excluding steroid dienone is 4. The summed E-state index contributed by atoms with van der Waals surface area (Å²) in [6, 6.07) is 0. The van der Waals surface area contributed by atoms with Crippen LogP contribution in [0.2, 0.25) is 0 Å². The first kappa shape index (κ1) is 18.2. The summed E-state index contributed by atoms with van der Waals surface area (Å²) in [6.45, 7) is 4.43. The van der Waals surface area contributed by atoms with Crippen LogP contribution in [0.3, 0.4) is 0 Å². The molecule has 1 nitrogen and oxygen atoms in total. The number of hydrogen-bond acceptors (Lipinski definition) is 1. The Kier molecular flexibility index (Phi) is 14.6. The van der Waals surface area contributed by atoms with Crippen molar-refractivity contribution in [3.63, 3.8) is 0 Å². The third kappa shape index (κ3) is 15.1. The van der Waals surface area contributed by atoms with Gasteiger partial charge in [0, 0.05) is 0 Å². The number of unbranched alkanes of at least 4 members (excludes halogenated alkanes) is 6. The Morgan fingerprint density at radius 1 is 0.789 bits per heavy atom. The molecule has 0 saturated heterocycles. The van der Waals surface area contributed by atoms with Gasteiger partial charge < -0.3 is 5.11 Å². The summed E-state index contributed by atoms with van der Waals surface area (Å²) in [6.07, 6.45) is 22.7. The van der Waals surface area contributed by atoms with E-state index in [4.69, 9.17) is 0 Å². The van der Waals surface area contributed by atoms with Crippen LogP contribution in [0.1, 0.15) is 71.6 Å². The molecule has 0 aromatic rings. The fourth-order valence-electron chi connectivity index (χ4n) is 1.82. The van der Waals surface area contributed by atoms with Gasteiger partial charge in [-0.2, -0.15) is 0 Å². The van der Waals surface area contributed by atoms with Crippen LogP contribution in [0.4, 0.5) is 0 Å². The molecule has 0 aliphatic heterocycles. The van der Waals surface area contributed by atoms with Gasteiger partial charge in [-0.25, -0.2) is 0 Å². The lowest BCUT2D eigenvalue weighted by atomic mass is 10.1. The summed E-state index contributed by atoms with van der Waals surface area (Å²) in [5, 5.41) is 9.72. The van der Waals surface area contributed by atoms with E-state index >= 15 is 0 Å². The van der Waals surface area contributed by atoms with Gasteiger partial charge in [0.25, 0.3) is 0 Å². The Morgan fingerprint density at radius 2 is 1.42 bits per heavy atom. The molecule has 110 valence electrons. The molecule has 1 unspecified atom stereocenters. The fraction of sp³-hybridized carbons (Fsp3) is 0.667. The van der Waals surface area contributed by atoms with Gasteiger partial charge in [-0.1, -0.05) is 76.0 Å². The van der Waals surface area contributed by atoms with Gasteiger partial charge in [0.1, 0.15) is 0 Å². The van der Waals surface area contributed by atoms with Crippen LogP contribution in [0, 0.1) is 0 Å². The Balaban J connectivity index is 3.53. The number of aliphatic hydroxyl groups is 1. The summed E-state index contributed by atoms with van der Waals surface area (Å²) in [7, 11) is 0. The van der Waals surface area contributed by atoms with E-state index < -0.39 is 0 Å². The van der Waals surface area contributed by atoms with Crippen LogP contribution in [0.5, 0.6) is 0 Å². The second-order valence-electron chi connectivity index (χ2n) is 5.08. The van der Waals surface area contributed by atoms with Crippen LogP contribution < -0.4 is 0 Å². The highest BCUT2D eigenvalue weighted by atomic mass is 16.3. The molecule has 0 rings (SSSR count). The molecule has 0 aromatic carbocycles. The lowest BCUT2D eigenvalue weighted by Crippen LogP contribution is -1.98. The van der Waals surface area contributed by atoms with Gasteiger partial charge in [0.05, 0.1) is 6.10 Å². The number of rotatable bonds is 12. The summed E-state index contributed by atoms with van der Waals surface area (Å²) in [5.41, 5.74) is 0. The maximum atomic E-state index is 9.72. The monoisotopic (exact) mass is 264 g/mol. The van der Waals surface area contributed by atoms with Crippen molar-refractivity contribution in [1.82, 2.24) is 0 Å². The predicted octanol–water partition coefficient (Wildman–Crippen LogP) is 5.57. The minimum absolute atomic E-state index is 0.345. The first-order valence-corrected chi connectivity index (χ1v) is 7.97. The molecule has 0 heterocycles. The fourth-order valence-corrected chi connectivity index (χ4v) is 1.82. The van der Waals surface area contributed by atoms with Gasteiger partial charge in [0.2, 0.25) is 0 Å². The molecule has 0 bridgehead atoms. The Bertz CT molecular complexity index is 250. The van der Waals surface area contributed by atoms with Crippen LogP contribution >= 0.6 is 0 Å². The van der Waals surface area contributed by atoms with E-state index in [1.807, 2.05) is 18.2 Å². The maximum Gasteiger partial charge on any atom is 0.0758 e. The van der Waals surface area contributed by atoms with Gasteiger partial charge >= 0.3 is 0 Å². The van der Waals surface area contributed by atoms with E-state index in [0.29, 0.717) is 0 Å². The van der Waals surface area contributed by atoms with Crippen LogP contribution in [0.15, 0.2) is 36.5 Å². The molecule has 1 N–H and O–H groups in total. The highest BCUT2D eigenvalue weighted by molar-refractivity contribution is 5.05. The number of aliphatic hydroxyl groups excluding tert-OH is 1. The van der Waals surface area contributed by atoms with E-state index in [-0.39, 0.29) is 6.10 Å². The quantitative estimate of drug-likeness (QED) is 0.278. The van der Waals surface area contributed by atoms with Crippen molar-refractivity contribution >= 4 is 0 Å². The maximum absolute atomic E-state index is 9.72.